The molecular formula is C15H28N6. The molecule has 1 aromatic heterocycles. The largest absolute Gasteiger partial charge is 0.370 e. The molecule has 0 amide bonds. The van der Waals surface area contributed by atoms with Gasteiger partial charge in [-0.25, -0.2) is 0 Å². The summed E-state index contributed by atoms with van der Waals surface area (Å²) in [6.45, 7) is 9.82. The third-order valence-corrected chi connectivity index (χ3v) is 3.70. The maximum Gasteiger partial charge on any atom is 0.223 e. The number of nitrogens with one attached hydrogen (secondary N) is 2. The number of nitrogen functional groups attached to an aromatic ring is 1. The predicted molar refractivity (Wildman–Crippen MR) is 88.6 cm³/mol. The SMILES string of the molecule is CCCNc1cc(NCC(C)CN2CCCC2)nc(N)n1. The Labute approximate surface area is 127 Å². The van der Waals surface area contributed by atoms with E-state index in [1.165, 1.54) is 25.9 Å². The Morgan fingerprint density at radius 1 is 1.24 bits per heavy atom. The van der Waals surface area contributed by atoms with Gasteiger partial charge in [0.1, 0.15) is 11.6 Å². The molecule has 1 atom stereocenters. The van der Waals surface area contributed by atoms with Crippen LogP contribution in [0.1, 0.15) is 33.1 Å². The van der Waals surface area contributed by atoms with E-state index in [0.29, 0.717) is 11.9 Å². The third-order valence-electron chi connectivity index (χ3n) is 3.70. The van der Waals surface area contributed by atoms with Crippen molar-refractivity contribution < 1.29 is 0 Å². The molecule has 0 spiro atoms. The highest BCUT2D eigenvalue weighted by atomic mass is 15.2. The first-order valence-corrected chi connectivity index (χ1v) is 8.02. The molecule has 1 unspecified atom stereocenters. The third kappa shape index (κ3) is 5.38. The van der Waals surface area contributed by atoms with Crippen molar-refractivity contribution in [3.05, 3.63) is 6.07 Å². The van der Waals surface area contributed by atoms with Crippen LogP contribution in [0.5, 0.6) is 0 Å². The van der Waals surface area contributed by atoms with Crippen molar-refractivity contribution in [1.82, 2.24) is 14.9 Å². The molecule has 21 heavy (non-hydrogen) atoms. The van der Waals surface area contributed by atoms with Crippen LogP contribution in [0, 0.1) is 5.92 Å². The van der Waals surface area contributed by atoms with Crippen molar-refractivity contribution in [1.29, 1.82) is 0 Å². The summed E-state index contributed by atoms with van der Waals surface area (Å²) < 4.78 is 0. The second kappa shape index (κ2) is 8.02. The van der Waals surface area contributed by atoms with Crippen LogP contribution in [-0.2, 0) is 0 Å². The Morgan fingerprint density at radius 2 is 1.90 bits per heavy atom. The zero-order valence-corrected chi connectivity index (χ0v) is 13.2. The number of nitrogens with zero attached hydrogens (tertiary/aromatic N) is 3. The summed E-state index contributed by atoms with van der Waals surface area (Å²) >= 11 is 0. The van der Waals surface area contributed by atoms with Gasteiger partial charge in [-0.1, -0.05) is 13.8 Å². The molecule has 1 aliphatic rings. The first-order valence-electron chi connectivity index (χ1n) is 8.02. The van der Waals surface area contributed by atoms with E-state index >= 15 is 0 Å². The highest BCUT2D eigenvalue weighted by Gasteiger charge is 2.14. The first-order chi connectivity index (χ1) is 10.2. The molecule has 0 aliphatic carbocycles. The summed E-state index contributed by atoms with van der Waals surface area (Å²) in [5.41, 5.74) is 5.76. The number of hydrogen-bond donors (Lipinski definition) is 3. The van der Waals surface area contributed by atoms with E-state index in [4.69, 9.17) is 5.73 Å². The number of nitrogens with two attached hydrogens (primary N) is 1. The van der Waals surface area contributed by atoms with Crippen LogP contribution >= 0.6 is 0 Å². The lowest BCUT2D eigenvalue weighted by atomic mass is 10.1. The molecule has 1 saturated heterocycles. The average Bonchev–Trinajstić information content (AvgIpc) is 2.95. The minimum atomic E-state index is 0.311. The van der Waals surface area contributed by atoms with Gasteiger partial charge in [-0.15, -0.1) is 0 Å². The van der Waals surface area contributed by atoms with E-state index in [2.05, 4.69) is 39.3 Å². The van der Waals surface area contributed by atoms with E-state index < -0.39 is 0 Å². The highest BCUT2D eigenvalue weighted by Crippen LogP contribution is 2.14. The molecule has 0 saturated carbocycles. The van der Waals surface area contributed by atoms with Gasteiger partial charge in [0.05, 0.1) is 0 Å². The summed E-state index contributed by atoms with van der Waals surface area (Å²) in [6.07, 6.45) is 3.74. The van der Waals surface area contributed by atoms with Gasteiger partial charge in [-0.2, -0.15) is 9.97 Å². The average molecular weight is 292 g/mol. The summed E-state index contributed by atoms with van der Waals surface area (Å²) in [5, 5.41) is 6.62. The van der Waals surface area contributed by atoms with Crippen molar-refractivity contribution in [2.75, 3.05) is 49.1 Å². The number of anilines is 3. The summed E-state index contributed by atoms with van der Waals surface area (Å²) in [5.74, 6) is 2.49. The van der Waals surface area contributed by atoms with E-state index in [1.54, 1.807) is 0 Å². The predicted octanol–water partition coefficient (Wildman–Crippen LogP) is 2.02. The lowest BCUT2D eigenvalue weighted by Crippen LogP contribution is -2.29. The highest BCUT2D eigenvalue weighted by molar-refractivity contribution is 5.50. The normalized spacial score (nSPS) is 16.9. The van der Waals surface area contributed by atoms with Gasteiger partial charge in [-0.3, -0.25) is 0 Å². The van der Waals surface area contributed by atoms with Crippen molar-refractivity contribution in [3.8, 4) is 0 Å². The van der Waals surface area contributed by atoms with Crippen LogP contribution < -0.4 is 16.4 Å². The van der Waals surface area contributed by atoms with E-state index in [9.17, 15) is 0 Å². The molecule has 0 radical (unpaired) electrons. The maximum absolute atomic E-state index is 5.76. The first kappa shape index (κ1) is 15.8. The van der Waals surface area contributed by atoms with E-state index in [-0.39, 0.29) is 0 Å². The van der Waals surface area contributed by atoms with Crippen LogP contribution in [-0.4, -0.2) is 47.6 Å². The number of hydrogen-bond acceptors (Lipinski definition) is 6. The molecule has 1 fully saturated rings. The molecule has 2 rings (SSSR count). The molecule has 0 aromatic carbocycles. The Balaban J connectivity index is 1.82. The Morgan fingerprint density at radius 3 is 2.57 bits per heavy atom. The quantitative estimate of drug-likeness (QED) is 0.680. The van der Waals surface area contributed by atoms with Gasteiger partial charge in [0.15, 0.2) is 0 Å². The Bertz CT molecular complexity index is 430. The number of rotatable bonds is 8. The van der Waals surface area contributed by atoms with Gasteiger partial charge in [0, 0.05) is 25.7 Å². The summed E-state index contributed by atoms with van der Waals surface area (Å²) in [4.78, 5) is 11.0. The van der Waals surface area contributed by atoms with Gasteiger partial charge in [-0.05, 0) is 38.3 Å². The lowest BCUT2D eigenvalue weighted by Gasteiger charge is -2.20. The molecule has 1 aromatic rings. The van der Waals surface area contributed by atoms with E-state index in [1.807, 2.05) is 6.07 Å². The number of aromatic nitrogens is 2. The fourth-order valence-electron chi connectivity index (χ4n) is 2.65. The summed E-state index contributed by atoms with van der Waals surface area (Å²) in [6, 6.07) is 1.93. The topological polar surface area (TPSA) is 79.1 Å². The fourth-order valence-corrected chi connectivity index (χ4v) is 2.65. The molecule has 6 heteroatoms. The van der Waals surface area contributed by atoms with Gasteiger partial charge in [0.25, 0.3) is 0 Å². The van der Waals surface area contributed by atoms with Crippen molar-refractivity contribution >= 4 is 17.6 Å². The smallest absolute Gasteiger partial charge is 0.223 e. The molecule has 118 valence electrons. The molecule has 2 heterocycles. The van der Waals surface area contributed by atoms with Crippen LogP contribution in [0.15, 0.2) is 6.07 Å². The lowest BCUT2D eigenvalue weighted by molar-refractivity contribution is 0.294. The standard InChI is InChI=1S/C15H28N6/c1-3-6-17-13-9-14(20-15(16)19-13)18-10-12(2)11-21-7-4-5-8-21/h9,12H,3-8,10-11H2,1-2H3,(H4,16,17,18,19,20). The van der Waals surface area contributed by atoms with Crippen molar-refractivity contribution in [3.63, 3.8) is 0 Å². The zero-order chi connectivity index (χ0) is 15.1. The van der Waals surface area contributed by atoms with E-state index in [0.717, 1.165) is 37.7 Å². The van der Waals surface area contributed by atoms with Crippen molar-refractivity contribution in [2.24, 2.45) is 5.92 Å². The maximum atomic E-state index is 5.76. The van der Waals surface area contributed by atoms with Crippen LogP contribution in [0.2, 0.25) is 0 Å². The second-order valence-electron chi connectivity index (χ2n) is 5.92. The molecule has 6 nitrogen and oxygen atoms in total. The summed E-state index contributed by atoms with van der Waals surface area (Å²) in [7, 11) is 0. The molecular weight excluding hydrogens is 264 g/mol. The van der Waals surface area contributed by atoms with Gasteiger partial charge in [0.2, 0.25) is 5.95 Å². The molecule has 0 bridgehead atoms. The number of likely N-dealkylation sites (tertiary alicyclic amines) is 1. The van der Waals surface area contributed by atoms with Crippen molar-refractivity contribution in [2.45, 2.75) is 33.1 Å². The zero-order valence-electron chi connectivity index (χ0n) is 13.2. The van der Waals surface area contributed by atoms with Crippen LogP contribution in [0.25, 0.3) is 0 Å². The van der Waals surface area contributed by atoms with Crippen LogP contribution in [0.3, 0.4) is 0 Å². The molecule has 4 N–H and O–H groups in total. The fraction of sp³-hybridized carbons (Fsp3) is 0.733. The Hall–Kier alpha value is -1.56. The Kier molecular flexibility index (Phi) is 6.04. The minimum absolute atomic E-state index is 0.311. The second-order valence-corrected chi connectivity index (χ2v) is 5.92. The van der Waals surface area contributed by atoms with Gasteiger partial charge < -0.3 is 21.3 Å². The van der Waals surface area contributed by atoms with Crippen LogP contribution in [0.4, 0.5) is 17.6 Å². The van der Waals surface area contributed by atoms with Gasteiger partial charge >= 0.3 is 0 Å². The monoisotopic (exact) mass is 292 g/mol. The minimum Gasteiger partial charge on any atom is -0.370 e. The molecule has 1 aliphatic heterocycles.